The van der Waals surface area contributed by atoms with E-state index in [0.29, 0.717) is 68.1 Å². The van der Waals surface area contributed by atoms with Crippen LogP contribution in [-0.2, 0) is 77.1 Å². The van der Waals surface area contributed by atoms with E-state index in [1.54, 1.807) is 69.1 Å². The zero-order valence-corrected chi connectivity index (χ0v) is 54.2. The fraction of sp³-hybridized carbons (Fsp3) is 0.471. The number of ether oxygens (including phenoxy) is 5. The van der Waals surface area contributed by atoms with Crippen LogP contribution in [0, 0.1) is 17.0 Å². The van der Waals surface area contributed by atoms with Crippen molar-refractivity contribution in [2.24, 2.45) is 5.41 Å². The smallest absolute Gasteiger partial charge is 0.410 e. The molecular formula is C68H86F2N12O11. The number of aromatic nitrogens is 5. The van der Waals surface area contributed by atoms with Crippen molar-refractivity contribution in [2.75, 3.05) is 65.2 Å². The molecule has 5 N–H and O–H groups in total. The first-order valence-corrected chi connectivity index (χ1v) is 31.5. The Kier molecular flexibility index (Phi) is 24.9. The summed E-state index contributed by atoms with van der Waals surface area (Å²) in [5.41, 5.74) is 3.57. The fourth-order valence-electron chi connectivity index (χ4n) is 10.7. The van der Waals surface area contributed by atoms with Gasteiger partial charge in [-0.2, -0.15) is 0 Å². The lowest BCUT2D eigenvalue weighted by atomic mass is 9.83. The maximum atomic E-state index is 15.0. The van der Waals surface area contributed by atoms with E-state index < -0.39 is 64.6 Å². The van der Waals surface area contributed by atoms with Crippen molar-refractivity contribution in [3.63, 3.8) is 0 Å². The fourth-order valence-corrected chi connectivity index (χ4v) is 10.7. The molecular weight excluding hydrogens is 1200 g/mol. The number of fused-ring (bicyclic) bond motifs is 2. The van der Waals surface area contributed by atoms with Gasteiger partial charge in [0.15, 0.2) is 11.6 Å². The topological polar surface area (TPSA) is 272 Å². The maximum Gasteiger partial charge on any atom is 0.410 e. The lowest BCUT2D eigenvalue weighted by molar-refractivity contribution is -0.147. The third-order valence-electron chi connectivity index (χ3n) is 15.9. The monoisotopic (exact) mass is 1280 g/mol. The minimum Gasteiger partial charge on any atom is -0.491 e. The summed E-state index contributed by atoms with van der Waals surface area (Å²) in [5.74, 6) is -1.81. The van der Waals surface area contributed by atoms with E-state index in [9.17, 15) is 32.8 Å². The maximum absolute atomic E-state index is 15.0. The summed E-state index contributed by atoms with van der Waals surface area (Å²) in [5, 5.41) is 23.8. The first-order valence-electron chi connectivity index (χ1n) is 31.5. The molecule has 0 saturated heterocycles. The molecule has 6 amide bonds. The lowest BCUT2D eigenvalue weighted by Crippen LogP contribution is -2.62. The molecule has 8 rings (SSSR count). The normalized spacial score (nSPS) is 15.2. The van der Waals surface area contributed by atoms with Crippen molar-refractivity contribution in [2.45, 2.75) is 143 Å². The second-order valence-electron chi connectivity index (χ2n) is 25.0. The summed E-state index contributed by atoms with van der Waals surface area (Å²) < 4.78 is 58.9. The molecule has 25 heteroatoms. The van der Waals surface area contributed by atoms with Crippen molar-refractivity contribution >= 4 is 41.3 Å². The number of halogens is 2. The van der Waals surface area contributed by atoms with Crippen LogP contribution in [0.4, 0.5) is 19.3 Å². The van der Waals surface area contributed by atoms with Crippen LogP contribution >= 0.6 is 0 Å². The standard InChI is InChI=1S/C68H86F2N12O11/c1-44(80(8)66(88)93-68(5,6)7)62(84)77-60(67(2,3)4)65(87)82-42-48-38-50(24-23-46(48)39-57(82)64(86)76-55-22-12-16-45-15-9-10-19-51(45)55)92-36-35-91-34-33-90-32-31-89-30-26-59(83)72-27-14-29-81-58(78-79-61(81)56-25-28-71-43-75-56)41-73-49-18-11-17-47(37-49)63(85)74-40-52-53(69)20-13-21-54(52)70/h9-11,13,15,17-21,23-25,28,37-38,43-44,55,57,60,73H,12,14,16,22,26-27,29-36,39-42H2,1-8H3,(H,72,83)(H,74,85)(H,76,86)(H,77,84)/t44-,55+,57?,60+/m0/s1. The molecule has 0 saturated carbocycles. The Morgan fingerprint density at radius 3 is 2.22 bits per heavy atom. The molecule has 1 unspecified atom stereocenters. The molecule has 1 aliphatic heterocycles. The number of nitrogens with one attached hydrogen (secondary N) is 5. The zero-order chi connectivity index (χ0) is 66.7. The van der Waals surface area contributed by atoms with Gasteiger partial charge in [-0.25, -0.2) is 23.5 Å². The Morgan fingerprint density at radius 1 is 0.774 bits per heavy atom. The van der Waals surface area contributed by atoms with Crippen LogP contribution in [-0.4, -0.2) is 154 Å². The van der Waals surface area contributed by atoms with E-state index in [4.69, 9.17) is 23.7 Å². The summed E-state index contributed by atoms with van der Waals surface area (Å²) in [6.45, 7) is 15.0. The summed E-state index contributed by atoms with van der Waals surface area (Å²) in [6, 6.07) is 22.5. The average Bonchev–Trinajstić information content (AvgIpc) is 1.31. The number of nitrogens with zero attached hydrogens (tertiary/aromatic N) is 7. The number of rotatable bonds is 30. The number of anilines is 1. The van der Waals surface area contributed by atoms with E-state index in [1.165, 1.54) is 29.9 Å². The van der Waals surface area contributed by atoms with Crippen molar-refractivity contribution in [3.8, 4) is 17.3 Å². The SMILES string of the molecule is C[C@@H](C(=O)N[C@H](C(=O)N1Cc2cc(OCCOCCOCCOCCC(=O)NCCCn3c(CNc4cccc(C(=O)NCc5c(F)cccc5F)c4)nnc3-c3ccncn3)ccc2CC1C(=O)N[C@@H]1CCCc2ccccc21)C(C)(C)C)N(C)C(=O)OC(C)(C)C. The van der Waals surface area contributed by atoms with Gasteiger partial charge in [0.2, 0.25) is 23.6 Å². The Balaban J connectivity index is 0.743. The number of likely N-dealkylation sites (N-methyl/N-ethyl adjacent to an activating group) is 1. The molecule has 2 aromatic heterocycles. The lowest BCUT2D eigenvalue weighted by Gasteiger charge is -2.42. The highest BCUT2D eigenvalue weighted by molar-refractivity contribution is 5.96. The first kappa shape index (κ1) is 69.9. The van der Waals surface area contributed by atoms with Gasteiger partial charge in [-0.05, 0) is 130 Å². The van der Waals surface area contributed by atoms with Crippen LogP contribution in [0.5, 0.6) is 5.75 Å². The molecule has 0 bridgehead atoms. The Bertz CT molecular complexity index is 3500. The number of carbonyl (C=O) groups excluding carboxylic acids is 6. The average molecular weight is 1290 g/mol. The number of aryl methyl sites for hydroxylation is 1. The molecule has 4 aromatic carbocycles. The number of benzene rings is 4. The summed E-state index contributed by atoms with van der Waals surface area (Å²) in [7, 11) is 1.47. The van der Waals surface area contributed by atoms with E-state index in [1.807, 2.05) is 61.7 Å². The molecule has 498 valence electrons. The molecule has 1 aliphatic carbocycles. The number of hydrogen-bond acceptors (Lipinski definition) is 16. The molecule has 4 atom stereocenters. The second-order valence-corrected chi connectivity index (χ2v) is 25.0. The van der Waals surface area contributed by atoms with Gasteiger partial charge in [0.1, 0.15) is 59.7 Å². The highest BCUT2D eigenvalue weighted by Crippen LogP contribution is 2.34. The Labute approximate surface area is 541 Å². The predicted molar refractivity (Wildman–Crippen MR) is 342 cm³/mol. The van der Waals surface area contributed by atoms with Crippen molar-refractivity contribution < 1.29 is 61.2 Å². The van der Waals surface area contributed by atoms with Gasteiger partial charge >= 0.3 is 6.09 Å². The Morgan fingerprint density at radius 2 is 1.49 bits per heavy atom. The molecule has 6 aromatic rings. The molecule has 3 heterocycles. The van der Waals surface area contributed by atoms with Crippen LogP contribution < -0.4 is 31.3 Å². The minimum absolute atomic E-state index is 0.0774. The summed E-state index contributed by atoms with van der Waals surface area (Å²) in [6.07, 6.45) is 5.86. The Hall–Kier alpha value is -8.94. The van der Waals surface area contributed by atoms with Gasteiger partial charge < -0.3 is 59.7 Å². The van der Waals surface area contributed by atoms with Crippen LogP contribution in [0.1, 0.15) is 124 Å². The van der Waals surface area contributed by atoms with Gasteiger partial charge in [0, 0.05) is 69.1 Å². The highest BCUT2D eigenvalue weighted by atomic mass is 19.1. The zero-order valence-electron chi connectivity index (χ0n) is 54.2. The summed E-state index contributed by atoms with van der Waals surface area (Å²) in [4.78, 5) is 93.2. The van der Waals surface area contributed by atoms with Crippen LogP contribution in [0.25, 0.3) is 11.5 Å². The van der Waals surface area contributed by atoms with E-state index in [0.717, 1.165) is 48.1 Å². The second kappa shape index (κ2) is 33.1. The van der Waals surface area contributed by atoms with Crippen LogP contribution in [0.2, 0.25) is 0 Å². The van der Waals surface area contributed by atoms with E-state index >= 15 is 4.79 Å². The number of hydrogen-bond donors (Lipinski definition) is 5. The molecule has 0 spiro atoms. The van der Waals surface area contributed by atoms with Crippen molar-refractivity contribution in [3.05, 3.63) is 154 Å². The molecule has 0 fully saturated rings. The third-order valence-corrected chi connectivity index (χ3v) is 15.9. The summed E-state index contributed by atoms with van der Waals surface area (Å²) >= 11 is 0. The molecule has 93 heavy (non-hydrogen) atoms. The van der Waals surface area contributed by atoms with Gasteiger partial charge in [-0.3, -0.25) is 28.9 Å². The van der Waals surface area contributed by atoms with Gasteiger partial charge in [-0.1, -0.05) is 63.2 Å². The predicted octanol–water partition coefficient (Wildman–Crippen LogP) is 7.81. The van der Waals surface area contributed by atoms with Crippen molar-refractivity contribution in [1.82, 2.24) is 55.8 Å². The van der Waals surface area contributed by atoms with E-state index in [-0.39, 0.29) is 87.9 Å². The van der Waals surface area contributed by atoms with E-state index in [2.05, 4.69) is 52.8 Å². The van der Waals surface area contributed by atoms with Gasteiger partial charge in [-0.15, -0.1) is 10.2 Å². The number of amides is 6. The third kappa shape index (κ3) is 20.0. The minimum atomic E-state index is -1.07. The van der Waals surface area contributed by atoms with Gasteiger partial charge in [0.05, 0.1) is 52.2 Å². The van der Waals surface area contributed by atoms with Crippen LogP contribution in [0.15, 0.2) is 104 Å². The highest BCUT2D eigenvalue weighted by Gasteiger charge is 2.44. The molecule has 2 aliphatic rings. The quantitative estimate of drug-likeness (QED) is 0.0269. The largest absolute Gasteiger partial charge is 0.491 e. The molecule has 23 nitrogen and oxygen atoms in total. The molecule has 0 radical (unpaired) electrons. The number of carbonyl (C=O) groups is 6. The van der Waals surface area contributed by atoms with Gasteiger partial charge in [0.25, 0.3) is 5.91 Å². The van der Waals surface area contributed by atoms with Crippen molar-refractivity contribution in [1.29, 1.82) is 0 Å². The van der Waals surface area contributed by atoms with Crippen LogP contribution in [0.3, 0.4) is 0 Å². The first-order chi connectivity index (χ1) is 44.5.